The molecular weight excluding hydrogens is 184 g/mol. The van der Waals surface area contributed by atoms with Crippen molar-refractivity contribution in [2.45, 2.75) is 6.92 Å². The van der Waals surface area contributed by atoms with E-state index in [2.05, 4.69) is 0 Å². The summed E-state index contributed by atoms with van der Waals surface area (Å²) in [6.07, 6.45) is 1.27. The van der Waals surface area contributed by atoms with E-state index in [4.69, 9.17) is 22.6 Å². The molecular formula is C10H9ClN2. The monoisotopic (exact) mass is 192 g/mol. The molecule has 1 rings (SSSR count). The van der Waals surface area contributed by atoms with Crippen molar-refractivity contribution in [3.63, 3.8) is 0 Å². The van der Waals surface area contributed by atoms with Crippen LogP contribution in [-0.4, -0.2) is 0 Å². The summed E-state index contributed by atoms with van der Waals surface area (Å²) in [5.74, 6) is 0. The van der Waals surface area contributed by atoms with Crippen LogP contribution in [0.25, 0.3) is 5.70 Å². The van der Waals surface area contributed by atoms with E-state index in [0.29, 0.717) is 16.3 Å². The fourth-order valence-corrected chi connectivity index (χ4v) is 1.35. The first-order chi connectivity index (χ1) is 6.15. The highest BCUT2D eigenvalue weighted by Gasteiger charge is 2.02. The zero-order valence-corrected chi connectivity index (χ0v) is 7.97. The Morgan fingerprint density at radius 2 is 2.31 bits per heavy atom. The lowest BCUT2D eigenvalue weighted by atomic mass is 10.1. The van der Waals surface area contributed by atoms with Crippen LogP contribution in [0.3, 0.4) is 0 Å². The number of hydrogen-bond donors (Lipinski definition) is 1. The molecule has 2 nitrogen and oxygen atoms in total. The zero-order chi connectivity index (χ0) is 9.84. The van der Waals surface area contributed by atoms with Crippen LogP contribution in [-0.2, 0) is 0 Å². The quantitative estimate of drug-likeness (QED) is 0.695. The van der Waals surface area contributed by atoms with Gasteiger partial charge in [0.15, 0.2) is 0 Å². The van der Waals surface area contributed by atoms with Crippen molar-refractivity contribution in [3.8, 4) is 6.07 Å². The van der Waals surface area contributed by atoms with Crippen LogP contribution >= 0.6 is 11.6 Å². The second-order valence-corrected chi connectivity index (χ2v) is 3.12. The molecule has 0 aliphatic carbocycles. The third-order valence-electron chi connectivity index (χ3n) is 1.66. The average Bonchev–Trinajstić information content (AvgIpc) is 2.04. The number of hydrogen-bond acceptors (Lipinski definition) is 2. The van der Waals surface area contributed by atoms with Crippen LogP contribution in [0, 0.1) is 18.3 Å². The lowest BCUT2D eigenvalue weighted by Crippen LogP contribution is -1.96. The lowest BCUT2D eigenvalue weighted by Gasteiger charge is -2.03. The summed E-state index contributed by atoms with van der Waals surface area (Å²) in [5.41, 5.74) is 7.78. The molecule has 0 heterocycles. The number of nitrogens with zero attached hydrogens (tertiary/aromatic N) is 1. The van der Waals surface area contributed by atoms with Crippen molar-refractivity contribution in [1.29, 1.82) is 5.26 Å². The Hall–Kier alpha value is -1.46. The molecule has 0 aliphatic heterocycles. The zero-order valence-electron chi connectivity index (χ0n) is 7.21. The van der Waals surface area contributed by atoms with E-state index >= 15 is 0 Å². The molecule has 0 fully saturated rings. The number of halogens is 1. The first kappa shape index (κ1) is 9.63. The normalized spacial score (nSPS) is 11.0. The van der Waals surface area contributed by atoms with E-state index < -0.39 is 0 Å². The van der Waals surface area contributed by atoms with Crippen molar-refractivity contribution < 1.29 is 0 Å². The van der Waals surface area contributed by atoms with Gasteiger partial charge in [0, 0.05) is 11.6 Å². The van der Waals surface area contributed by atoms with E-state index in [1.165, 1.54) is 6.08 Å². The van der Waals surface area contributed by atoms with Gasteiger partial charge in [-0.25, -0.2) is 0 Å². The number of benzene rings is 1. The molecule has 0 radical (unpaired) electrons. The summed E-state index contributed by atoms with van der Waals surface area (Å²) >= 11 is 5.93. The molecule has 1 aromatic carbocycles. The Bertz CT molecular complexity index is 388. The summed E-state index contributed by atoms with van der Waals surface area (Å²) in [7, 11) is 0. The van der Waals surface area contributed by atoms with Gasteiger partial charge in [0.1, 0.15) is 0 Å². The Balaban J connectivity index is 3.18. The summed E-state index contributed by atoms with van der Waals surface area (Å²) < 4.78 is 0. The van der Waals surface area contributed by atoms with E-state index in [-0.39, 0.29) is 0 Å². The molecule has 3 heteroatoms. The molecule has 0 atom stereocenters. The molecule has 13 heavy (non-hydrogen) atoms. The average molecular weight is 193 g/mol. The fourth-order valence-electron chi connectivity index (χ4n) is 1.00. The Morgan fingerprint density at radius 3 is 2.85 bits per heavy atom. The van der Waals surface area contributed by atoms with Crippen molar-refractivity contribution in [2.24, 2.45) is 5.73 Å². The minimum absolute atomic E-state index is 0.396. The van der Waals surface area contributed by atoms with Gasteiger partial charge < -0.3 is 5.73 Å². The van der Waals surface area contributed by atoms with Crippen molar-refractivity contribution in [3.05, 3.63) is 40.4 Å². The maximum absolute atomic E-state index is 8.39. The van der Waals surface area contributed by atoms with E-state index in [1.54, 1.807) is 6.07 Å². The molecule has 0 aliphatic rings. The molecule has 66 valence electrons. The molecule has 2 N–H and O–H groups in total. The second-order valence-electron chi connectivity index (χ2n) is 2.71. The third-order valence-corrected chi connectivity index (χ3v) is 1.97. The standard InChI is InChI=1S/C10H9ClN2/c1-7-2-3-8(9(11)6-7)10(13)4-5-12/h2-4,6H,13H2,1H3/b10-4-. The predicted octanol–water partition coefficient (Wildman–Crippen LogP) is 2.47. The molecule has 0 saturated carbocycles. The van der Waals surface area contributed by atoms with Crippen molar-refractivity contribution in [1.82, 2.24) is 0 Å². The van der Waals surface area contributed by atoms with Crippen LogP contribution in [0.2, 0.25) is 5.02 Å². The van der Waals surface area contributed by atoms with Crippen molar-refractivity contribution in [2.75, 3.05) is 0 Å². The minimum Gasteiger partial charge on any atom is -0.398 e. The lowest BCUT2D eigenvalue weighted by molar-refractivity contribution is 1.43. The Morgan fingerprint density at radius 1 is 1.62 bits per heavy atom. The van der Waals surface area contributed by atoms with Gasteiger partial charge in [-0.15, -0.1) is 0 Å². The number of allylic oxidation sites excluding steroid dienone is 1. The summed E-state index contributed by atoms with van der Waals surface area (Å²) in [5, 5.41) is 8.97. The first-order valence-electron chi connectivity index (χ1n) is 3.77. The van der Waals surface area contributed by atoms with Gasteiger partial charge in [-0.2, -0.15) is 5.26 Å². The topological polar surface area (TPSA) is 49.8 Å². The highest BCUT2D eigenvalue weighted by atomic mass is 35.5. The van der Waals surface area contributed by atoms with Crippen LogP contribution < -0.4 is 5.73 Å². The summed E-state index contributed by atoms with van der Waals surface area (Å²) in [6, 6.07) is 7.39. The highest BCUT2D eigenvalue weighted by Crippen LogP contribution is 2.21. The second kappa shape index (κ2) is 3.97. The maximum Gasteiger partial charge on any atom is 0.0933 e. The highest BCUT2D eigenvalue weighted by molar-refractivity contribution is 6.32. The van der Waals surface area contributed by atoms with Gasteiger partial charge in [0.2, 0.25) is 0 Å². The smallest absolute Gasteiger partial charge is 0.0933 e. The van der Waals surface area contributed by atoms with Crippen LogP contribution in [0.1, 0.15) is 11.1 Å². The summed E-state index contributed by atoms with van der Waals surface area (Å²) in [6.45, 7) is 1.94. The number of aryl methyl sites for hydroxylation is 1. The molecule has 1 aromatic rings. The summed E-state index contributed by atoms with van der Waals surface area (Å²) in [4.78, 5) is 0. The number of nitrogens with two attached hydrogens (primary N) is 1. The van der Waals surface area contributed by atoms with Crippen LogP contribution in [0.5, 0.6) is 0 Å². The molecule has 0 saturated heterocycles. The maximum atomic E-state index is 8.39. The SMILES string of the molecule is Cc1ccc(/C(N)=C/C#N)c(Cl)c1. The van der Waals surface area contributed by atoms with Gasteiger partial charge >= 0.3 is 0 Å². The third kappa shape index (κ3) is 2.24. The van der Waals surface area contributed by atoms with E-state index in [0.717, 1.165) is 5.56 Å². The van der Waals surface area contributed by atoms with E-state index in [9.17, 15) is 0 Å². The number of nitriles is 1. The molecule has 0 spiro atoms. The van der Waals surface area contributed by atoms with Gasteiger partial charge in [-0.3, -0.25) is 0 Å². The molecule has 0 aromatic heterocycles. The van der Waals surface area contributed by atoms with Gasteiger partial charge in [-0.05, 0) is 18.6 Å². The van der Waals surface area contributed by atoms with Gasteiger partial charge in [-0.1, -0.05) is 23.7 Å². The molecule has 0 unspecified atom stereocenters. The molecule has 0 bridgehead atoms. The predicted molar refractivity (Wildman–Crippen MR) is 54.0 cm³/mol. The Labute approximate surface area is 82.2 Å². The van der Waals surface area contributed by atoms with E-state index in [1.807, 2.05) is 25.1 Å². The fraction of sp³-hybridized carbons (Fsp3) is 0.100. The van der Waals surface area contributed by atoms with Gasteiger partial charge in [0.05, 0.1) is 16.8 Å². The number of rotatable bonds is 1. The largest absolute Gasteiger partial charge is 0.398 e. The van der Waals surface area contributed by atoms with Crippen LogP contribution in [0.4, 0.5) is 0 Å². The Kier molecular flexibility index (Phi) is 2.94. The van der Waals surface area contributed by atoms with Gasteiger partial charge in [0.25, 0.3) is 0 Å². The molecule has 0 amide bonds. The minimum atomic E-state index is 0.396. The first-order valence-corrected chi connectivity index (χ1v) is 4.14. The van der Waals surface area contributed by atoms with Crippen molar-refractivity contribution >= 4 is 17.3 Å². The van der Waals surface area contributed by atoms with Crippen LogP contribution in [0.15, 0.2) is 24.3 Å².